The van der Waals surface area contributed by atoms with Gasteiger partial charge in [0, 0.05) is 10.6 Å². The summed E-state index contributed by atoms with van der Waals surface area (Å²) in [6.07, 6.45) is 0. The van der Waals surface area contributed by atoms with Crippen LogP contribution >= 0.6 is 34.8 Å². The molecule has 0 unspecified atom stereocenters. The van der Waals surface area contributed by atoms with Gasteiger partial charge in [0.2, 0.25) is 0 Å². The molecule has 0 N–H and O–H groups in total. The zero-order valence-corrected chi connectivity index (χ0v) is 11.9. The third kappa shape index (κ3) is 3.32. The minimum Gasteiger partial charge on any atom is -0.432 e. The molecule has 106 valence electrons. The SMILES string of the molecule is Fc1ccc(-c2cc(Cl)c(Cl)cc2Cl)cc1OC(F)F. The Hall–Kier alpha value is -1.10. The highest BCUT2D eigenvalue weighted by atomic mass is 35.5. The fourth-order valence-electron chi connectivity index (χ4n) is 1.60. The fourth-order valence-corrected chi connectivity index (χ4v) is 2.26. The van der Waals surface area contributed by atoms with Crippen molar-refractivity contribution >= 4 is 34.8 Å². The van der Waals surface area contributed by atoms with E-state index in [1.165, 1.54) is 18.2 Å². The third-order valence-corrected chi connectivity index (χ3v) is 3.50. The van der Waals surface area contributed by atoms with Crippen molar-refractivity contribution in [2.75, 3.05) is 0 Å². The summed E-state index contributed by atoms with van der Waals surface area (Å²) in [6, 6.07) is 6.38. The van der Waals surface area contributed by atoms with Gasteiger partial charge >= 0.3 is 6.61 Å². The molecular weight excluding hydrogens is 335 g/mol. The van der Waals surface area contributed by atoms with Crippen molar-refractivity contribution in [1.82, 2.24) is 0 Å². The van der Waals surface area contributed by atoms with Gasteiger partial charge in [-0.25, -0.2) is 4.39 Å². The summed E-state index contributed by atoms with van der Waals surface area (Å²) < 4.78 is 41.8. The molecule has 0 amide bonds. The van der Waals surface area contributed by atoms with Crippen molar-refractivity contribution in [3.63, 3.8) is 0 Å². The summed E-state index contributed by atoms with van der Waals surface area (Å²) in [5.41, 5.74) is 0.811. The number of hydrogen-bond donors (Lipinski definition) is 0. The molecule has 0 heterocycles. The van der Waals surface area contributed by atoms with Gasteiger partial charge < -0.3 is 4.74 Å². The third-order valence-electron chi connectivity index (χ3n) is 2.47. The molecule has 0 aromatic heterocycles. The second-order valence-corrected chi connectivity index (χ2v) is 4.99. The number of halogens is 6. The molecule has 0 atom stereocenters. The Balaban J connectivity index is 2.50. The standard InChI is InChI=1S/C13H6Cl3F3O/c14-8-5-10(16)9(15)4-7(8)6-1-2-11(17)12(3-6)20-13(18)19/h1-5,13H. The lowest BCUT2D eigenvalue weighted by molar-refractivity contribution is -0.0521. The Morgan fingerprint density at radius 3 is 2.20 bits per heavy atom. The maximum absolute atomic E-state index is 13.4. The Bertz CT molecular complexity index is 647. The van der Waals surface area contributed by atoms with E-state index in [2.05, 4.69) is 4.74 Å². The lowest BCUT2D eigenvalue weighted by Crippen LogP contribution is -2.03. The minimum atomic E-state index is -3.12. The van der Waals surface area contributed by atoms with E-state index in [0.717, 1.165) is 12.1 Å². The van der Waals surface area contributed by atoms with Crippen LogP contribution in [0.15, 0.2) is 30.3 Å². The zero-order chi connectivity index (χ0) is 14.9. The highest BCUT2D eigenvalue weighted by Crippen LogP contribution is 2.37. The smallest absolute Gasteiger partial charge is 0.387 e. The summed E-state index contributed by atoms with van der Waals surface area (Å²) in [4.78, 5) is 0. The topological polar surface area (TPSA) is 9.23 Å². The van der Waals surface area contributed by atoms with Crippen LogP contribution in [-0.4, -0.2) is 6.61 Å². The minimum absolute atomic E-state index is 0.242. The molecule has 0 aliphatic heterocycles. The van der Waals surface area contributed by atoms with Crippen LogP contribution in [0.3, 0.4) is 0 Å². The van der Waals surface area contributed by atoms with E-state index in [1.54, 1.807) is 0 Å². The Morgan fingerprint density at radius 1 is 0.900 bits per heavy atom. The van der Waals surface area contributed by atoms with Crippen molar-refractivity contribution in [2.45, 2.75) is 6.61 Å². The molecule has 0 spiro atoms. The molecule has 2 aromatic rings. The van der Waals surface area contributed by atoms with Gasteiger partial charge in [0.25, 0.3) is 0 Å². The van der Waals surface area contributed by atoms with Crippen LogP contribution in [0.25, 0.3) is 11.1 Å². The Labute approximate surface area is 127 Å². The van der Waals surface area contributed by atoms with Gasteiger partial charge in [-0.2, -0.15) is 8.78 Å². The Kier molecular flexibility index (Phi) is 4.68. The van der Waals surface area contributed by atoms with E-state index in [-0.39, 0.29) is 15.1 Å². The van der Waals surface area contributed by atoms with E-state index in [4.69, 9.17) is 34.8 Å². The van der Waals surface area contributed by atoms with E-state index in [0.29, 0.717) is 11.1 Å². The molecule has 2 rings (SSSR count). The number of alkyl halides is 2. The normalized spacial score (nSPS) is 10.9. The van der Waals surface area contributed by atoms with Crippen LogP contribution in [-0.2, 0) is 0 Å². The van der Waals surface area contributed by atoms with Crippen LogP contribution in [0.2, 0.25) is 15.1 Å². The van der Waals surface area contributed by atoms with Crippen LogP contribution < -0.4 is 4.74 Å². The molecule has 0 saturated heterocycles. The first-order valence-electron chi connectivity index (χ1n) is 5.27. The van der Waals surface area contributed by atoms with E-state index < -0.39 is 18.2 Å². The van der Waals surface area contributed by atoms with Crippen LogP contribution in [0, 0.1) is 5.82 Å². The van der Waals surface area contributed by atoms with Gasteiger partial charge in [-0.15, -0.1) is 0 Å². The van der Waals surface area contributed by atoms with Gasteiger partial charge in [-0.05, 0) is 29.8 Å². The first kappa shape index (κ1) is 15.3. The summed E-state index contributed by atoms with van der Waals surface area (Å²) in [5, 5.41) is 0.757. The molecule has 0 bridgehead atoms. The highest BCUT2D eigenvalue weighted by Gasteiger charge is 2.14. The average molecular weight is 342 g/mol. The van der Waals surface area contributed by atoms with E-state index >= 15 is 0 Å². The van der Waals surface area contributed by atoms with Crippen molar-refractivity contribution in [3.05, 3.63) is 51.2 Å². The lowest BCUT2D eigenvalue weighted by Gasteiger charge is -2.10. The lowest BCUT2D eigenvalue weighted by atomic mass is 10.1. The van der Waals surface area contributed by atoms with Gasteiger partial charge in [0.05, 0.1) is 10.0 Å². The molecule has 0 saturated carbocycles. The second kappa shape index (κ2) is 6.12. The van der Waals surface area contributed by atoms with Crippen molar-refractivity contribution in [3.8, 4) is 16.9 Å². The number of rotatable bonds is 3. The predicted octanol–water partition coefficient (Wildman–Crippen LogP) is 6.05. The summed E-state index contributed by atoms with van der Waals surface area (Å²) in [6.45, 7) is -3.12. The quantitative estimate of drug-likeness (QED) is 0.617. The molecule has 20 heavy (non-hydrogen) atoms. The van der Waals surface area contributed by atoms with Crippen LogP contribution in [0.5, 0.6) is 5.75 Å². The molecule has 0 aliphatic rings. The van der Waals surface area contributed by atoms with Gasteiger partial charge in [0.1, 0.15) is 0 Å². The highest BCUT2D eigenvalue weighted by molar-refractivity contribution is 6.44. The largest absolute Gasteiger partial charge is 0.432 e. The first-order chi connectivity index (χ1) is 9.38. The molecule has 7 heteroatoms. The number of benzene rings is 2. The monoisotopic (exact) mass is 340 g/mol. The maximum Gasteiger partial charge on any atom is 0.387 e. The van der Waals surface area contributed by atoms with Gasteiger partial charge in [-0.3, -0.25) is 0 Å². The molecule has 0 fully saturated rings. The van der Waals surface area contributed by atoms with Crippen molar-refractivity contribution in [1.29, 1.82) is 0 Å². The predicted molar refractivity (Wildman–Crippen MR) is 73.5 cm³/mol. The maximum atomic E-state index is 13.4. The summed E-state index contributed by atoms with van der Waals surface area (Å²) in [7, 11) is 0. The molecule has 1 nitrogen and oxygen atoms in total. The number of ether oxygens (including phenoxy) is 1. The molecule has 0 radical (unpaired) electrons. The molecule has 2 aromatic carbocycles. The molecular formula is C13H6Cl3F3O. The summed E-state index contributed by atoms with van der Waals surface area (Å²) >= 11 is 17.7. The van der Waals surface area contributed by atoms with Gasteiger partial charge in [-0.1, -0.05) is 40.9 Å². The molecule has 0 aliphatic carbocycles. The van der Waals surface area contributed by atoms with Crippen LogP contribution in [0.1, 0.15) is 0 Å². The Morgan fingerprint density at radius 2 is 1.55 bits per heavy atom. The second-order valence-electron chi connectivity index (χ2n) is 3.77. The number of hydrogen-bond acceptors (Lipinski definition) is 1. The fraction of sp³-hybridized carbons (Fsp3) is 0.0769. The van der Waals surface area contributed by atoms with Crippen LogP contribution in [0.4, 0.5) is 13.2 Å². The van der Waals surface area contributed by atoms with Crippen molar-refractivity contribution in [2.24, 2.45) is 0 Å². The summed E-state index contributed by atoms with van der Waals surface area (Å²) in [5.74, 6) is -1.47. The zero-order valence-electron chi connectivity index (χ0n) is 9.64. The first-order valence-corrected chi connectivity index (χ1v) is 6.41. The van der Waals surface area contributed by atoms with Gasteiger partial charge in [0.15, 0.2) is 11.6 Å². The van der Waals surface area contributed by atoms with E-state index in [9.17, 15) is 13.2 Å². The van der Waals surface area contributed by atoms with E-state index in [1.807, 2.05) is 0 Å². The average Bonchev–Trinajstić information content (AvgIpc) is 2.36. The van der Waals surface area contributed by atoms with Crippen molar-refractivity contribution < 1.29 is 17.9 Å².